The summed E-state index contributed by atoms with van der Waals surface area (Å²) in [5.41, 5.74) is 0.509. The number of hydrogen-bond acceptors (Lipinski definition) is 4. The van der Waals surface area contributed by atoms with Crippen molar-refractivity contribution in [3.63, 3.8) is 0 Å². The van der Waals surface area contributed by atoms with Crippen LogP contribution in [-0.4, -0.2) is 29.4 Å². The van der Waals surface area contributed by atoms with Crippen molar-refractivity contribution in [1.82, 2.24) is 0 Å². The molecule has 5 nitrogen and oxygen atoms in total. The molecule has 0 saturated heterocycles. The number of ketones is 1. The molecule has 4 fully saturated rings. The Labute approximate surface area is 186 Å². The van der Waals surface area contributed by atoms with E-state index in [0.29, 0.717) is 11.3 Å². The number of esters is 1. The smallest absolute Gasteiger partial charge is 0.306 e. The molecule has 3 unspecified atom stereocenters. The van der Waals surface area contributed by atoms with Crippen LogP contribution in [0.15, 0.2) is 0 Å². The van der Waals surface area contributed by atoms with Crippen molar-refractivity contribution < 1.29 is 24.2 Å². The molecule has 0 aromatic heterocycles. The van der Waals surface area contributed by atoms with E-state index in [2.05, 4.69) is 20.8 Å². The lowest BCUT2D eigenvalue weighted by atomic mass is 9.44. The van der Waals surface area contributed by atoms with Gasteiger partial charge >= 0.3 is 11.9 Å². The van der Waals surface area contributed by atoms with Crippen LogP contribution < -0.4 is 0 Å². The van der Waals surface area contributed by atoms with Crippen molar-refractivity contribution in [2.45, 2.75) is 91.4 Å². The van der Waals surface area contributed by atoms with Crippen LogP contribution >= 0.6 is 0 Å². The van der Waals surface area contributed by atoms with E-state index in [1.165, 1.54) is 38.5 Å². The summed E-state index contributed by atoms with van der Waals surface area (Å²) in [4.78, 5) is 35.4. The van der Waals surface area contributed by atoms with Crippen molar-refractivity contribution in [2.75, 3.05) is 6.61 Å². The topological polar surface area (TPSA) is 80.7 Å². The molecule has 1 N–H and O–H groups in total. The molecule has 0 aliphatic heterocycles. The molecule has 0 spiro atoms. The number of carbonyl (C=O) groups is 3. The van der Waals surface area contributed by atoms with Crippen molar-refractivity contribution >= 4 is 17.7 Å². The van der Waals surface area contributed by atoms with Gasteiger partial charge < -0.3 is 9.84 Å². The number of hydrogen-bond donors (Lipinski definition) is 1. The zero-order valence-corrected chi connectivity index (χ0v) is 19.5. The van der Waals surface area contributed by atoms with Crippen LogP contribution in [0.4, 0.5) is 0 Å². The molecular weight excluding hydrogens is 392 g/mol. The van der Waals surface area contributed by atoms with Gasteiger partial charge in [0.2, 0.25) is 0 Å². The normalized spacial score (nSPS) is 44.0. The van der Waals surface area contributed by atoms with Crippen molar-refractivity contribution in [1.29, 1.82) is 0 Å². The Morgan fingerprint density at radius 1 is 0.903 bits per heavy atom. The minimum Gasteiger partial charge on any atom is -0.481 e. The second-order valence-electron chi connectivity index (χ2n) is 11.7. The molecular formula is C26H40O5. The molecule has 174 valence electrons. The van der Waals surface area contributed by atoms with Gasteiger partial charge in [0.05, 0.1) is 12.8 Å². The Balaban J connectivity index is 1.40. The van der Waals surface area contributed by atoms with Gasteiger partial charge in [-0.1, -0.05) is 27.2 Å². The number of carboxylic acids is 1. The summed E-state index contributed by atoms with van der Waals surface area (Å²) in [6, 6.07) is 0. The lowest BCUT2D eigenvalue weighted by Gasteiger charge is -2.61. The van der Waals surface area contributed by atoms with Crippen LogP contribution in [0.1, 0.15) is 91.4 Å². The summed E-state index contributed by atoms with van der Waals surface area (Å²) < 4.78 is 5.14. The van der Waals surface area contributed by atoms with Gasteiger partial charge in [-0.15, -0.1) is 0 Å². The van der Waals surface area contributed by atoms with Crippen LogP contribution in [0.5, 0.6) is 0 Å². The van der Waals surface area contributed by atoms with Crippen molar-refractivity contribution in [3.05, 3.63) is 0 Å². The fourth-order valence-electron chi connectivity index (χ4n) is 8.53. The second-order valence-corrected chi connectivity index (χ2v) is 11.7. The minimum atomic E-state index is -1.03. The molecule has 5 heteroatoms. The molecule has 0 bridgehead atoms. The highest BCUT2D eigenvalue weighted by Gasteiger charge is 2.60. The van der Waals surface area contributed by atoms with E-state index in [9.17, 15) is 14.4 Å². The Morgan fingerprint density at radius 2 is 1.61 bits per heavy atom. The molecule has 4 saturated carbocycles. The maximum atomic E-state index is 13.0. The first kappa shape index (κ1) is 22.8. The van der Waals surface area contributed by atoms with Crippen LogP contribution in [0.25, 0.3) is 0 Å². The van der Waals surface area contributed by atoms with Gasteiger partial charge in [0.15, 0.2) is 5.78 Å². The predicted molar refractivity (Wildman–Crippen MR) is 117 cm³/mol. The quantitative estimate of drug-likeness (QED) is 0.579. The first-order valence-electron chi connectivity index (χ1n) is 12.5. The lowest BCUT2D eigenvalue weighted by molar-refractivity contribution is -0.153. The molecule has 8 atom stereocenters. The van der Waals surface area contributed by atoms with E-state index < -0.39 is 11.9 Å². The maximum Gasteiger partial charge on any atom is 0.306 e. The van der Waals surface area contributed by atoms with Gasteiger partial charge in [-0.2, -0.15) is 0 Å². The average Bonchev–Trinajstić information content (AvgIpc) is 3.08. The number of aliphatic carboxylic acids is 1. The third-order valence-corrected chi connectivity index (χ3v) is 10.2. The number of Topliss-reactive ketones (excluding diaryl/α,β-unsaturated/α-hetero) is 1. The SMILES string of the molecule is C[C@H]1CC[C@@]2(C)C(CC[C@@H]3C2CC[C@@]2(C)C3CC[C@@H]2C(=O)COC(=O)CCC(=O)O)C1. The zero-order valence-electron chi connectivity index (χ0n) is 19.5. The first-order chi connectivity index (χ1) is 14.6. The summed E-state index contributed by atoms with van der Waals surface area (Å²) >= 11 is 0. The zero-order chi connectivity index (χ0) is 22.4. The molecule has 0 amide bonds. The van der Waals surface area contributed by atoms with Gasteiger partial charge in [-0.3, -0.25) is 14.4 Å². The Hall–Kier alpha value is -1.39. The summed E-state index contributed by atoms with van der Waals surface area (Å²) in [6.45, 7) is 7.13. The number of carbonyl (C=O) groups excluding carboxylic acids is 2. The van der Waals surface area contributed by atoms with Crippen LogP contribution in [0.2, 0.25) is 0 Å². The molecule has 0 aromatic carbocycles. The van der Waals surface area contributed by atoms with Crippen LogP contribution in [0, 0.1) is 46.3 Å². The fourth-order valence-corrected chi connectivity index (χ4v) is 8.53. The van der Waals surface area contributed by atoms with E-state index in [0.717, 1.165) is 42.9 Å². The second kappa shape index (κ2) is 8.51. The molecule has 0 heterocycles. The standard InChI is InChI=1S/C26H40O5/c1-16-10-12-25(2)17(14-16)4-5-18-19-6-7-21(26(19,3)13-11-20(18)25)22(27)15-31-24(30)9-8-23(28)29/h16-21H,4-15H2,1-3H3,(H,28,29)/t16-,17?,18-,19?,20?,21+,25-,26-/m0/s1. The molecule has 4 aliphatic carbocycles. The third kappa shape index (κ3) is 4.06. The van der Waals surface area contributed by atoms with Gasteiger partial charge in [0, 0.05) is 5.92 Å². The number of ether oxygens (including phenoxy) is 1. The van der Waals surface area contributed by atoms with Gasteiger partial charge in [0.25, 0.3) is 0 Å². The van der Waals surface area contributed by atoms with Crippen LogP contribution in [-0.2, 0) is 19.1 Å². The minimum absolute atomic E-state index is 0.0247. The number of fused-ring (bicyclic) bond motifs is 5. The summed E-state index contributed by atoms with van der Waals surface area (Å²) in [6.07, 6.45) is 10.8. The Kier molecular flexibility index (Phi) is 6.26. The molecule has 31 heavy (non-hydrogen) atoms. The highest BCUT2D eigenvalue weighted by Crippen LogP contribution is 2.67. The van der Waals surface area contributed by atoms with Gasteiger partial charge in [-0.05, 0) is 91.8 Å². The van der Waals surface area contributed by atoms with Gasteiger partial charge in [0.1, 0.15) is 6.61 Å². The third-order valence-electron chi connectivity index (χ3n) is 10.2. The van der Waals surface area contributed by atoms with E-state index in [1.807, 2.05) is 0 Å². The molecule has 0 aromatic rings. The fraction of sp³-hybridized carbons (Fsp3) is 0.885. The number of rotatable bonds is 6. The highest BCUT2D eigenvalue weighted by molar-refractivity contribution is 5.86. The monoisotopic (exact) mass is 432 g/mol. The van der Waals surface area contributed by atoms with E-state index in [4.69, 9.17) is 9.84 Å². The first-order valence-corrected chi connectivity index (χ1v) is 12.5. The van der Waals surface area contributed by atoms with Crippen molar-refractivity contribution in [2.24, 2.45) is 46.3 Å². The largest absolute Gasteiger partial charge is 0.481 e. The van der Waals surface area contributed by atoms with E-state index in [-0.39, 0.29) is 36.6 Å². The number of carboxylic acid groups (broad SMARTS) is 1. The Bertz CT molecular complexity index is 731. The highest BCUT2D eigenvalue weighted by atomic mass is 16.5. The molecule has 4 aliphatic rings. The molecule has 4 rings (SSSR count). The van der Waals surface area contributed by atoms with Crippen molar-refractivity contribution in [3.8, 4) is 0 Å². The summed E-state index contributed by atoms with van der Waals surface area (Å²) in [7, 11) is 0. The average molecular weight is 433 g/mol. The lowest BCUT2D eigenvalue weighted by Crippen LogP contribution is -2.53. The van der Waals surface area contributed by atoms with E-state index >= 15 is 0 Å². The molecule has 0 radical (unpaired) electrons. The maximum absolute atomic E-state index is 13.0. The van der Waals surface area contributed by atoms with E-state index in [1.54, 1.807) is 0 Å². The van der Waals surface area contributed by atoms with Gasteiger partial charge in [-0.25, -0.2) is 0 Å². The predicted octanol–water partition coefficient (Wildman–Crippen LogP) is 5.26. The van der Waals surface area contributed by atoms with Crippen LogP contribution in [0.3, 0.4) is 0 Å². The summed E-state index contributed by atoms with van der Waals surface area (Å²) in [5.74, 6) is 2.31. The Morgan fingerprint density at radius 3 is 2.35 bits per heavy atom. The summed E-state index contributed by atoms with van der Waals surface area (Å²) in [5, 5.41) is 8.70.